The number of phenolic OH excluding ortho intramolecular Hbond substituents is 1. The lowest BCUT2D eigenvalue weighted by atomic mass is 10.0. The van der Waals surface area contributed by atoms with Crippen molar-refractivity contribution < 1.29 is 9.90 Å². The Kier molecular flexibility index (Phi) is 6.16. The van der Waals surface area contributed by atoms with E-state index >= 15 is 0 Å². The van der Waals surface area contributed by atoms with Gasteiger partial charge in [0.15, 0.2) is 0 Å². The molecule has 0 saturated heterocycles. The van der Waals surface area contributed by atoms with Crippen LogP contribution in [0, 0.1) is 6.92 Å². The molecule has 0 unspecified atom stereocenters. The molecule has 0 aliphatic heterocycles. The summed E-state index contributed by atoms with van der Waals surface area (Å²) >= 11 is 5.81. The number of halogens is 1. The molecular weight excluding hydrogens is 262 g/mol. The second kappa shape index (κ2) is 7.39. The molecule has 0 aliphatic rings. The van der Waals surface area contributed by atoms with E-state index in [1.54, 1.807) is 25.1 Å². The van der Waals surface area contributed by atoms with Crippen LogP contribution < -0.4 is 0 Å². The molecule has 0 fully saturated rings. The van der Waals surface area contributed by atoms with Gasteiger partial charge in [-0.1, -0.05) is 19.9 Å². The maximum absolute atomic E-state index is 12.6. The maximum Gasteiger partial charge on any atom is 0.254 e. The fraction of sp³-hybridized carbons (Fsp3) is 0.533. The fourth-order valence-electron chi connectivity index (χ4n) is 2.28. The zero-order valence-electron chi connectivity index (χ0n) is 11.8. The number of amides is 1. The Morgan fingerprint density at radius 2 is 2.00 bits per heavy atom. The van der Waals surface area contributed by atoms with E-state index in [0.29, 0.717) is 23.6 Å². The molecule has 1 aromatic rings. The smallest absolute Gasteiger partial charge is 0.254 e. The topological polar surface area (TPSA) is 40.5 Å². The summed E-state index contributed by atoms with van der Waals surface area (Å²) < 4.78 is 0. The highest BCUT2D eigenvalue weighted by Crippen LogP contribution is 2.22. The van der Waals surface area contributed by atoms with E-state index in [9.17, 15) is 9.90 Å². The normalized spacial score (nSPS) is 10.8. The molecule has 1 aromatic carbocycles. The summed E-state index contributed by atoms with van der Waals surface area (Å²) in [6, 6.07) is 5.23. The summed E-state index contributed by atoms with van der Waals surface area (Å²) in [5, 5.41) is 9.72. The molecule has 0 radical (unpaired) electrons. The van der Waals surface area contributed by atoms with E-state index in [0.717, 1.165) is 12.8 Å². The molecule has 0 bridgehead atoms. The number of phenols is 1. The first-order chi connectivity index (χ1) is 9.06. The van der Waals surface area contributed by atoms with Gasteiger partial charge in [0.2, 0.25) is 0 Å². The highest BCUT2D eigenvalue weighted by atomic mass is 35.5. The van der Waals surface area contributed by atoms with Crippen LogP contribution >= 0.6 is 11.6 Å². The summed E-state index contributed by atoms with van der Waals surface area (Å²) in [7, 11) is 0. The van der Waals surface area contributed by atoms with E-state index < -0.39 is 0 Å². The van der Waals surface area contributed by atoms with Gasteiger partial charge in [-0.25, -0.2) is 0 Å². The van der Waals surface area contributed by atoms with Crippen LogP contribution in [0.5, 0.6) is 5.75 Å². The molecule has 106 valence electrons. The lowest BCUT2D eigenvalue weighted by molar-refractivity contribution is 0.0680. The van der Waals surface area contributed by atoms with Gasteiger partial charge in [0.25, 0.3) is 5.91 Å². The molecule has 1 rings (SSSR count). The van der Waals surface area contributed by atoms with Gasteiger partial charge in [-0.2, -0.15) is 0 Å². The number of carbonyl (C=O) groups is 1. The van der Waals surface area contributed by atoms with Crippen LogP contribution in [-0.2, 0) is 0 Å². The number of aromatic hydroxyl groups is 1. The van der Waals surface area contributed by atoms with Crippen molar-refractivity contribution in [3.8, 4) is 5.75 Å². The lowest BCUT2D eigenvalue weighted by Crippen LogP contribution is -2.41. The van der Waals surface area contributed by atoms with Gasteiger partial charge in [-0.3, -0.25) is 4.79 Å². The Balaban J connectivity index is 3.08. The standard InChI is InChI=1S/C15H22ClNO2/c1-4-12(5-2)17(10-9-16)15(19)13-7-6-8-14(18)11(13)3/h6-8,12,18H,4-5,9-10H2,1-3H3. The largest absolute Gasteiger partial charge is 0.508 e. The minimum absolute atomic E-state index is 0.0530. The minimum Gasteiger partial charge on any atom is -0.508 e. The van der Waals surface area contributed by atoms with Gasteiger partial charge < -0.3 is 10.0 Å². The predicted molar refractivity (Wildman–Crippen MR) is 79.0 cm³/mol. The van der Waals surface area contributed by atoms with E-state index in [1.165, 1.54) is 0 Å². The quantitative estimate of drug-likeness (QED) is 0.811. The number of hydrogen-bond donors (Lipinski definition) is 1. The number of alkyl halides is 1. The number of nitrogens with zero attached hydrogens (tertiary/aromatic N) is 1. The molecule has 0 heterocycles. The maximum atomic E-state index is 12.6. The van der Waals surface area contributed by atoms with Gasteiger partial charge >= 0.3 is 0 Å². The first kappa shape index (κ1) is 15.8. The van der Waals surface area contributed by atoms with Crippen molar-refractivity contribution in [2.75, 3.05) is 12.4 Å². The Hall–Kier alpha value is -1.22. The summed E-state index contributed by atoms with van der Waals surface area (Å²) in [6.45, 7) is 6.42. The zero-order chi connectivity index (χ0) is 14.4. The van der Waals surface area contributed by atoms with Crippen LogP contribution in [0.4, 0.5) is 0 Å². The first-order valence-electron chi connectivity index (χ1n) is 6.72. The van der Waals surface area contributed by atoms with Crippen molar-refractivity contribution in [1.29, 1.82) is 0 Å². The molecule has 3 nitrogen and oxygen atoms in total. The summed E-state index contributed by atoms with van der Waals surface area (Å²) in [6.07, 6.45) is 1.80. The Morgan fingerprint density at radius 3 is 2.53 bits per heavy atom. The SMILES string of the molecule is CCC(CC)N(CCCl)C(=O)c1cccc(O)c1C. The third-order valence-electron chi connectivity index (χ3n) is 3.51. The molecule has 0 saturated carbocycles. The third kappa shape index (κ3) is 3.63. The van der Waals surface area contributed by atoms with E-state index in [2.05, 4.69) is 13.8 Å². The van der Waals surface area contributed by atoms with Gasteiger partial charge in [-0.15, -0.1) is 11.6 Å². The molecule has 1 amide bonds. The Labute approximate surface area is 120 Å². The molecule has 1 N–H and O–H groups in total. The van der Waals surface area contributed by atoms with E-state index in [4.69, 9.17) is 11.6 Å². The highest BCUT2D eigenvalue weighted by Gasteiger charge is 2.23. The number of benzene rings is 1. The van der Waals surface area contributed by atoms with E-state index in [-0.39, 0.29) is 17.7 Å². The molecule has 19 heavy (non-hydrogen) atoms. The number of carbonyl (C=O) groups excluding carboxylic acids is 1. The van der Waals surface area contributed by atoms with Crippen LogP contribution in [0.15, 0.2) is 18.2 Å². The van der Waals surface area contributed by atoms with Gasteiger partial charge in [0.05, 0.1) is 0 Å². The van der Waals surface area contributed by atoms with Gasteiger partial charge in [-0.05, 0) is 31.9 Å². The van der Waals surface area contributed by atoms with Crippen molar-refractivity contribution >= 4 is 17.5 Å². The first-order valence-corrected chi connectivity index (χ1v) is 7.25. The van der Waals surface area contributed by atoms with Crippen molar-refractivity contribution in [1.82, 2.24) is 4.90 Å². The third-order valence-corrected chi connectivity index (χ3v) is 3.67. The average Bonchev–Trinajstić information content (AvgIpc) is 2.41. The highest BCUT2D eigenvalue weighted by molar-refractivity contribution is 6.18. The molecule has 0 aromatic heterocycles. The van der Waals surface area contributed by atoms with Gasteiger partial charge in [0, 0.05) is 29.6 Å². The number of hydrogen-bond acceptors (Lipinski definition) is 2. The van der Waals surface area contributed by atoms with E-state index in [1.807, 2.05) is 4.90 Å². The monoisotopic (exact) mass is 283 g/mol. The Bertz CT molecular complexity index is 430. The fourth-order valence-corrected chi connectivity index (χ4v) is 2.46. The molecule has 0 aliphatic carbocycles. The number of rotatable bonds is 6. The van der Waals surface area contributed by atoms with Crippen molar-refractivity contribution in [3.05, 3.63) is 29.3 Å². The summed E-state index contributed by atoms with van der Waals surface area (Å²) in [5.74, 6) is 0.518. The molecule has 4 heteroatoms. The van der Waals surface area contributed by atoms with Crippen LogP contribution in [0.2, 0.25) is 0 Å². The summed E-state index contributed by atoms with van der Waals surface area (Å²) in [5.41, 5.74) is 1.18. The minimum atomic E-state index is -0.0530. The van der Waals surface area contributed by atoms with Crippen LogP contribution in [-0.4, -0.2) is 34.4 Å². The predicted octanol–water partition coefficient (Wildman–Crippen LogP) is 3.57. The lowest BCUT2D eigenvalue weighted by Gasteiger charge is -2.30. The molecular formula is C15H22ClNO2. The Morgan fingerprint density at radius 1 is 1.37 bits per heavy atom. The van der Waals surface area contributed by atoms with Gasteiger partial charge in [0.1, 0.15) is 5.75 Å². The second-order valence-electron chi connectivity index (χ2n) is 4.61. The second-order valence-corrected chi connectivity index (χ2v) is 4.99. The van der Waals surface area contributed by atoms with Crippen molar-refractivity contribution in [2.45, 2.75) is 39.7 Å². The van der Waals surface area contributed by atoms with Crippen molar-refractivity contribution in [2.24, 2.45) is 0 Å². The molecule has 0 spiro atoms. The average molecular weight is 284 g/mol. The molecule has 0 atom stereocenters. The van der Waals surface area contributed by atoms with Crippen LogP contribution in [0.1, 0.15) is 42.6 Å². The van der Waals surface area contributed by atoms with Crippen LogP contribution in [0.3, 0.4) is 0 Å². The van der Waals surface area contributed by atoms with Crippen molar-refractivity contribution in [3.63, 3.8) is 0 Å². The zero-order valence-corrected chi connectivity index (χ0v) is 12.6. The van der Waals surface area contributed by atoms with Crippen LogP contribution in [0.25, 0.3) is 0 Å². The summed E-state index contributed by atoms with van der Waals surface area (Å²) in [4.78, 5) is 14.4.